The number of carbonyl (C=O) groups excluding carboxylic acids is 3. The van der Waals surface area contributed by atoms with Gasteiger partial charge in [-0.05, 0) is 63.3 Å². The number of fused-ring (bicyclic) bond motifs is 1. The third kappa shape index (κ3) is 5.54. The summed E-state index contributed by atoms with van der Waals surface area (Å²) >= 11 is 0. The summed E-state index contributed by atoms with van der Waals surface area (Å²) in [6.07, 6.45) is 3.10. The Labute approximate surface area is 197 Å². The van der Waals surface area contributed by atoms with Crippen molar-refractivity contribution in [3.8, 4) is 5.95 Å². The number of nitrogens with zero attached hydrogens (tertiary/aromatic N) is 4. The van der Waals surface area contributed by atoms with Gasteiger partial charge < -0.3 is 10.1 Å². The maximum Gasteiger partial charge on any atom is 0.306 e. The minimum atomic E-state index is -0.605. The Balaban J connectivity index is 1.29. The fourth-order valence-electron chi connectivity index (χ4n) is 4.05. The van der Waals surface area contributed by atoms with E-state index < -0.39 is 18.5 Å². The minimum Gasteiger partial charge on any atom is -0.456 e. The van der Waals surface area contributed by atoms with E-state index in [9.17, 15) is 14.4 Å². The van der Waals surface area contributed by atoms with Gasteiger partial charge in [-0.2, -0.15) is 9.78 Å². The van der Waals surface area contributed by atoms with Crippen LogP contribution >= 0.6 is 0 Å². The predicted octanol–water partition coefficient (Wildman–Crippen LogP) is 3.22. The lowest BCUT2D eigenvalue weighted by Gasteiger charge is -2.09. The standard InChI is InChI=1S/C25H27N5O4/c1-15-11-16(2)27-25(26-15)30-22(12-17(3)29-30)28-23(32)14-34-24(33)10-9-21(31)20-8-7-18-5-4-6-19(18)13-20/h7-8,11-13H,4-6,9-10,14H2,1-3H3,(H,28,32). The van der Waals surface area contributed by atoms with Gasteiger partial charge in [-0.3, -0.25) is 14.4 Å². The van der Waals surface area contributed by atoms with Crippen molar-refractivity contribution >= 4 is 23.5 Å². The second-order valence-electron chi connectivity index (χ2n) is 8.50. The monoisotopic (exact) mass is 461 g/mol. The largest absolute Gasteiger partial charge is 0.456 e. The molecule has 3 aromatic rings. The summed E-state index contributed by atoms with van der Waals surface area (Å²) in [4.78, 5) is 45.6. The minimum absolute atomic E-state index is 0.0370. The van der Waals surface area contributed by atoms with Gasteiger partial charge in [0.1, 0.15) is 5.82 Å². The van der Waals surface area contributed by atoms with Crippen LogP contribution in [0.25, 0.3) is 5.95 Å². The summed E-state index contributed by atoms with van der Waals surface area (Å²) in [6, 6.07) is 9.25. The molecule has 0 spiro atoms. The Morgan fingerprint density at radius 2 is 1.68 bits per heavy atom. The van der Waals surface area contributed by atoms with Crippen LogP contribution in [0.3, 0.4) is 0 Å². The molecule has 176 valence electrons. The molecular formula is C25H27N5O4. The molecule has 0 aliphatic heterocycles. The molecule has 0 fully saturated rings. The smallest absolute Gasteiger partial charge is 0.306 e. The van der Waals surface area contributed by atoms with Gasteiger partial charge in [0, 0.05) is 29.4 Å². The number of ether oxygens (including phenoxy) is 1. The van der Waals surface area contributed by atoms with Gasteiger partial charge in [-0.1, -0.05) is 12.1 Å². The highest BCUT2D eigenvalue weighted by molar-refractivity contribution is 5.98. The maximum absolute atomic E-state index is 12.4. The summed E-state index contributed by atoms with van der Waals surface area (Å²) in [5, 5.41) is 7.02. The molecule has 34 heavy (non-hydrogen) atoms. The van der Waals surface area contributed by atoms with Crippen molar-refractivity contribution in [2.24, 2.45) is 0 Å². The molecule has 1 N–H and O–H groups in total. The molecule has 9 heteroatoms. The van der Waals surface area contributed by atoms with Gasteiger partial charge in [0.15, 0.2) is 12.4 Å². The molecule has 1 aromatic carbocycles. The lowest BCUT2D eigenvalue weighted by atomic mass is 10.0. The van der Waals surface area contributed by atoms with Gasteiger partial charge in [0.2, 0.25) is 0 Å². The first-order valence-corrected chi connectivity index (χ1v) is 11.3. The zero-order valence-electron chi connectivity index (χ0n) is 19.6. The lowest BCUT2D eigenvalue weighted by molar-refractivity contribution is -0.147. The van der Waals surface area contributed by atoms with Gasteiger partial charge in [-0.15, -0.1) is 0 Å². The lowest BCUT2D eigenvalue weighted by Crippen LogP contribution is -2.23. The summed E-state index contributed by atoms with van der Waals surface area (Å²) in [5.41, 5.74) is 5.34. The summed E-state index contributed by atoms with van der Waals surface area (Å²) in [6.45, 7) is 5.01. The van der Waals surface area contributed by atoms with Crippen molar-refractivity contribution in [2.75, 3.05) is 11.9 Å². The second kappa shape index (κ2) is 9.94. The Hall–Kier alpha value is -3.88. The van der Waals surface area contributed by atoms with Crippen molar-refractivity contribution in [3.63, 3.8) is 0 Å². The number of aromatic nitrogens is 4. The van der Waals surface area contributed by atoms with Gasteiger partial charge in [0.05, 0.1) is 12.1 Å². The Bertz CT molecular complexity index is 1240. The van der Waals surface area contributed by atoms with E-state index in [1.165, 1.54) is 15.8 Å². The molecule has 1 aliphatic rings. The first-order chi connectivity index (χ1) is 16.3. The first kappa shape index (κ1) is 23.3. The molecule has 0 atom stereocenters. The summed E-state index contributed by atoms with van der Waals surface area (Å²) < 4.78 is 6.50. The number of hydrogen-bond acceptors (Lipinski definition) is 7. The van der Waals surface area contributed by atoms with Crippen molar-refractivity contribution in [2.45, 2.75) is 52.9 Å². The van der Waals surface area contributed by atoms with Crippen LogP contribution in [0.4, 0.5) is 5.82 Å². The number of hydrogen-bond donors (Lipinski definition) is 1. The molecule has 2 heterocycles. The van der Waals surface area contributed by atoms with E-state index in [4.69, 9.17) is 4.74 Å². The van der Waals surface area contributed by atoms with Gasteiger partial charge in [0.25, 0.3) is 11.9 Å². The Morgan fingerprint density at radius 1 is 0.941 bits per heavy atom. The van der Waals surface area contributed by atoms with Crippen LogP contribution in [0.2, 0.25) is 0 Å². The number of rotatable bonds is 8. The topological polar surface area (TPSA) is 116 Å². The Morgan fingerprint density at radius 3 is 2.44 bits per heavy atom. The van der Waals surface area contributed by atoms with Crippen LogP contribution in [-0.4, -0.2) is 44.0 Å². The number of nitrogens with one attached hydrogen (secondary N) is 1. The zero-order valence-corrected chi connectivity index (χ0v) is 19.6. The van der Waals surface area contributed by atoms with Crippen molar-refractivity contribution in [1.29, 1.82) is 0 Å². The van der Waals surface area contributed by atoms with E-state index in [1.807, 2.05) is 38.1 Å². The van der Waals surface area contributed by atoms with E-state index in [0.29, 0.717) is 23.0 Å². The number of esters is 1. The number of benzene rings is 1. The normalized spacial score (nSPS) is 12.3. The fraction of sp³-hybridized carbons (Fsp3) is 0.360. The predicted molar refractivity (Wildman–Crippen MR) is 125 cm³/mol. The third-order valence-electron chi connectivity index (χ3n) is 5.60. The van der Waals surface area contributed by atoms with Crippen LogP contribution in [0, 0.1) is 20.8 Å². The molecule has 0 saturated heterocycles. The SMILES string of the molecule is Cc1cc(C)nc(-n2nc(C)cc2NC(=O)COC(=O)CCC(=O)c2ccc3c(c2)CCC3)n1. The van der Waals surface area contributed by atoms with E-state index in [-0.39, 0.29) is 18.6 Å². The molecule has 9 nitrogen and oxygen atoms in total. The highest BCUT2D eigenvalue weighted by atomic mass is 16.5. The maximum atomic E-state index is 12.4. The number of anilines is 1. The molecule has 0 bridgehead atoms. The van der Waals surface area contributed by atoms with Crippen LogP contribution in [0.1, 0.15) is 57.8 Å². The first-order valence-electron chi connectivity index (χ1n) is 11.3. The van der Waals surface area contributed by atoms with E-state index >= 15 is 0 Å². The molecule has 1 aliphatic carbocycles. The van der Waals surface area contributed by atoms with E-state index in [2.05, 4.69) is 20.4 Å². The summed E-state index contributed by atoms with van der Waals surface area (Å²) in [7, 11) is 0. The van der Waals surface area contributed by atoms with Crippen molar-refractivity contribution in [1.82, 2.24) is 19.7 Å². The second-order valence-corrected chi connectivity index (χ2v) is 8.50. The average Bonchev–Trinajstić information content (AvgIpc) is 3.40. The number of ketones is 1. The Kier molecular flexibility index (Phi) is 6.81. The quantitative estimate of drug-likeness (QED) is 0.404. The van der Waals surface area contributed by atoms with Gasteiger partial charge >= 0.3 is 5.97 Å². The van der Waals surface area contributed by atoms with E-state index in [1.54, 1.807) is 13.0 Å². The molecule has 2 aromatic heterocycles. The fourth-order valence-corrected chi connectivity index (χ4v) is 4.05. The molecule has 0 unspecified atom stereocenters. The number of Topliss-reactive ketones (excluding diaryl/α,β-unsaturated/α-hetero) is 1. The van der Waals surface area contributed by atoms with Crippen LogP contribution < -0.4 is 5.32 Å². The summed E-state index contributed by atoms with van der Waals surface area (Å²) in [5.74, 6) is -0.530. The highest BCUT2D eigenvalue weighted by Crippen LogP contribution is 2.23. The number of amides is 1. The number of carbonyl (C=O) groups is 3. The van der Waals surface area contributed by atoms with Crippen LogP contribution in [-0.2, 0) is 27.2 Å². The molecule has 0 radical (unpaired) electrons. The molecule has 0 saturated carbocycles. The van der Waals surface area contributed by atoms with Crippen molar-refractivity contribution in [3.05, 3.63) is 64.1 Å². The average molecular weight is 462 g/mol. The molecular weight excluding hydrogens is 434 g/mol. The number of aryl methyl sites for hydroxylation is 5. The van der Waals surface area contributed by atoms with Crippen molar-refractivity contribution < 1.29 is 19.1 Å². The van der Waals surface area contributed by atoms with Crippen LogP contribution in [0.5, 0.6) is 0 Å². The third-order valence-corrected chi connectivity index (χ3v) is 5.60. The highest BCUT2D eigenvalue weighted by Gasteiger charge is 2.17. The van der Waals surface area contributed by atoms with Crippen LogP contribution in [0.15, 0.2) is 30.3 Å². The molecule has 1 amide bonds. The molecule has 4 rings (SSSR count). The zero-order chi connectivity index (χ0) is 24.2. The van der Waals surface area contributed by atoms with Gasteiger partial charge in [-0.25, -0.2) is 9.97 Å². The van der Waals surface area contributed by atoms with E-state index in [0.717, 1.165) is 30.7 Å².